The van der Waals surface area contributed by atoms with Gasteiger partial charge >= 0.3 is 0 Å². The SMILES string of the molecule is O=S([O-])C1(S(=O)[O-])CN1. The van der Waals surface area contributed by atoms with Gasteiger partial charge in [-0.25, -0.2) is 0 Å². The second-order valence-electron chi connectivity index (χ2n) is 1.58. The molecule has 1 heterocycles. The molecular weight excluding hydrogens is 166 g/mol. The molecule has 54 valence electrons. The summed E-state index contributed by atoms with van der Waals surface area (Å²) in [5, 5.41) is 2.22. The highest BCUT2D eigenvalue weighted by molar-refractivity contribution is 7.99. The molecule has 0 amide bonds. The number of hydrogen-bond acceptors (Lipinski definition) is 5. The Labute approximate surface area is 56.4 Å². The van der Waals surface area contributed by atoms with Crippen molar-refractivity contribution in [3.8, 4) is 0 Å². The minimum absolute atomic E-state index is 0.000772. The Morgan fingerprint density at radius 2 is 1.67 bits per heavy atom. The second-order valence-corrected chi connectivity index (χ2v) is 4.17. The summed E-state index contributed by atoms with van der Waals surface area (Å²) in [7, 11) is 0. The van der Waals surface area contributed by atoms with Crippen LogP contribution >= 0.6 is 0 Å². The standard InChI is InChI=1S/C2H5NO4S2/c4-8(5)2(1-3-2)9(6)7/h3H,1H2,(H,4,5)(H,6,7)/p-2. The molecule has 0 aromatic heterocycles. The zero-order valence-electron chi connectivity index (χ0n) is 4.16. The van der Waals surface area contributed by atoms with E-state index in [1.165, 1.54) is 0 Å². The molecule has 1 N–H and O–H groups in total. The Morgan fingerprint density at radius 1 is 1.33 bits per heavy atom. The highest BCUT2D eigenvalue weighted by atomic mass is 32.3. The van der Waals surface area contributed by atoms with Crippen LogP contribution in [0.4, 0.5) is 0 Å². The molecule has 1 saturated heterocycles. The van der Waals surface area contributed by atoms with Crippen LogP contribution in [0, 0.1) is 0 Å². The average Bonchev–Trinajstić information content (AvgIpc) is 2.40. The third-order valence-electron chi connectivity index (χ3n) is 1.00. The van der Waals surface area contributed by atoms with Gasteiger partial charge in [0.15, 0.2) is 4.20 Å². The van der Waals surface area contributed by atoms with Gasteiger partial charge in [-0.15, -0.1) is 0 Å². The lowest BCUT2D eigenvalue weighted by Crippen LogP contribution is -2.27. The van der Waals surface area contributed by atoms with E-state index in [9.17, 15) is 17.5 Å². The Hall–Kier alpha value is 0.180. The normalized spacial score (nSPS) is 39.8. The van der Waals surface area contributed by atoms with Crippen LogP contribution in [0.1, 0.15) is 0 Å². The summed E-state index contributed by atoms with van der Waals surface area (Å²) in [6, 6.07) is 0. The molecule has 2 atom stereocenters. The van der Waals surface area contributed by atoms with Crippen LogP contribution in [-0.4, -0.2) is 28.3 Å². The molecule has 0 aliphatic carbocycles. The van der Waals surface area contributed by atoms with Gasteiger partial charge in [0.05, 0.1) is 0 Å². The molecule has 0 radical (unpaired) electrons. The van der Waals surface area contributed by atoms with E-state index in [0.29, 0.717) is 0 Å². The molecule has 0 bridgehead atoms. The van der Waals surface area contributed by atoms with Gasteiger partial charge in [-0.3, -0.25) is 13.7 Å². The average molecular weight is 169 g/mol. The van der Waals surface area contributed by atoms with E-state index in [-0.39, 0.29) is 6.54 Å². The summed E-state index contributed by atoms with van der Waals surface area (Å²) in [6.45, 7) is -0.000772. The first-order valence-corrected chi connectivity index (χ1v) is 4.18. The summed E-state index contributed by atoms with van der Waals surface area (Å²) in [4.78, 5) is 0. The van der Waals surface area contributed by atoms with E-state index in [4.69, 9.17) is 0 Å². The zero-order valence-corrected chi connectivity index (χ0v) is 5.79. The molecular formula is C2H3NO4S2-2. The van der Waals surface area contributed by atoms with Crippen LogP contribution < -0.4 is 5.32 Å². The topological polar surface area (TPSA) is 102 Å². The van der Waals surface area contributed by atoms with Crippen molar-refractivity contribution in [2.75, 3.05) is 6.54 Å². The van der Waals surface area contributed by atoms with Crippen LogP contribution in [0.3, 0.4) is 0 Å². The summed E-state index contributed by atoms with van der Waals surface area (Å²) in [5.41, 5.74) is 0. The molecule has 9 heavy (non-hydrogen) atoms. The van der Waals surface area contributed by atoms with E-state index >= 15 is 0 Å². The summed E-state index contributed by atoms with van der Waals surface area (Å²) in [5.74, 6) is 0. The van der Waals surface area contributed by atoms with Crippen molar-refractivity contribution in [1.82, 2.24) is 5.32 Å². The zero-order chi connectivity index (χ0) is 7.07. The van der Waals surface area contributed by atoms with Gasteiger partial charge in [-0.1, -0.05) is 0 Å². The third-order valence-corrected chi connectivity index (χ3v) is 3.47. The first-order chi connectivity index (χ1) is 4.09. The van der Waals surface area contributed by atoms with Crippen LogP contribution in [0.25, 0.3) is 0 Å². The maximum atomic E-state index is 10.1. The molecule has 7 heteroatoms. The molecule has 1 fully saturated rings. The van der Waals surface area contributed by atoms with E-state index in [2.05, 4.69) is 5.32 Å². The number of nitrogens with one attached hydrogen (secondary N) is 1. The highest BCUT2D eigenvalue weighted by Gasteiger charge is 2.45. The molecule has 2 unspecified atom stereocenters. The maximum absolute atomic E-state index is 10.1. The summed E-state index contributed by atoms with van der Waals surface area (Å²) < 4.78 is 38.6. The van der Waals surface area contributed by atoms with Gasteiger partial charge in [0.25, 0.3) is 0 Å². The number of rotatable bonds is 2. The molecule has 5 nitrogen and oxygen atoms in total. The summed E-state index contributed by atoms with van der Waals surface area (Å²) in [6.07, 6.45) is 0. The Balaban J connectivity index is 2.75. The monoisotopic (exact) mass is 169 g/mol. The smallest absolute Gasteiger partial charge is 0.156 e. The van der Waals surface area contributed by atoms with Gasteiger partial charge in [0, 0.05) is 6.54 Å². The van der Waals surface area contributed by atoms with Gasteiger partial charge in [-0.2, -0.15) is 0 Å². The van der Waals surface area contributed by atoms with Crippen molar-refractivity contribution in [1.29, 1.82) is 0 Å². The van der Waals surface area contributed by atoms with Crippen molar-refractivity contribution in [3.63, 3.8) is 0 Å². The lowest BCUT2D eigenvalue weighted by atomic mass is 11.0. The van der Waals surface area contributed by atoms with Crippen molar-refractivity contribution >= 4 is 22.2 Å². The van der Waals surface area contributed by atoms with Crippen molar-refractivity contribution < 1.29 is 17.5 Å². The Morgan fingerprint density at radius 3 is 1.67 bits per heavy atom. The van der Waals surface area contributed by atoms with Gasteiger partial charge in [0.1, 0.15) is 0 Å². The van der Waals surface area contributed by atoms with Crippen LogP contribution in [-0.2, 0) is 22.2 Å². The molecule has 1 aliphatic heterocycles. The lowest BCUT2D eigenvalue weighted by Gasteiger charge is -2.18. The van der Waals surface area contributed by atoms with Gasteiger partial charge < -0.3 is 9.11 Å². The molecule has 0 aromatic carbocycles. The molecule has 0 saturated carbocycles. The van der Waals surface area contributed by atoms with Crippen LogP contribution in [0.5, 0.6) is 0 Å². The second kappa shape index (κ2) is 2.10. The predicted molar refractivity (Wildman–Crippen MR) is 28.6 cm³/mol. The fourth-order valence-electron chi connectivity index (χ4n) is 0.363. The van der Waals surface area contributed by atoms with Gasteiger partial charge in [-0.05, 0) is 22.2 Å². The largest absolute Gasteiger partial charge is 0.770 e. The van der Waals surface area contributed by atoms with Crippen molar-refractivity contribution in [2.45, 2.75) is 4.20 Å². The first kappa shape index (κ1) is 7.29. The first-order valence-electron chi connectivity index (χ1n) is 2.03. The maximum Gasteiger partial charge on any atom is 0.156 e. The number of hydrogen-bond donors (Lipinski definition) is 1. The fourth-order valence-corrected chi connectivity index (χ4v) is 1.42. The van der Waals surface area contributed by atoms with Crippen molar-refractivity contribution in [2.24, 2.45) is 0 Å². The van der Waals surface area contributed by atoms with E-state index in [1.807, 2.05) is 0 Å². The molecule has 0 aromatic rings. The van der Waals surface area contributed by atoms with Crippen LogP contribution in [0.15, 0.2) is 0 Å². The van der Waals surface area contributed by atoms with E-state index < -0.39 is 26.4 Å². The molecule has 1 aliphatic rings. The quantitative estimate of drug-likeness (QED) is 0.380. The Bertz CT molecular complexity index is 159. The predicted octanol–water partition coefficient (Wildman–Crippen LogP) is -2.00. The minimum atomic E-state index is -2.57. The fraction of sp³-hybridized carbons (Fsp3) is 1.00. The van der Waals surface area contributed by atoms with E-state index in [0.717, 1.165) is 0 Å². The van der Waals surface area contributed by atoms with Gasteiger partial charge in [0.2, 0.25) is 0 Å². The third kappa shape index (κ3) is 1.06. The highest BCUT2D eigenvalue weighted by Crippen LogP contribution is 2.22. The Kier molecular flexibility index (Phi) is 1.70. The molecule has 0 spiro atoms. The minimum Gasteiger partial charge on any atom is -0.770 e. The molecule has 1 rings (SSSR count). The van der Waals surface area contributed by atoms with E-state index in [1.54, 1.807) is 0 Å². The van der Waals surface area contributed by atoms with Crippen LogP contribution in [0.2, 0.25) is 0 Å². The van der Waals surface area contributed by atoms with Crippen molar-refractivity contribution in [3.05, 3.63) is 0 Å². The lowest BCUT2D eigenvalue weighted by molar-refractivity contribution is 0.509. The summed E-state index contributed by atoms with van der Waals surface area (Å²) >= 11 is -5.14.